The van der Waals surface area contributed by atoms with Gasteiger partial charge in [0.05, 0.1) is 13.0 Å². The average molecular weight is 788 g/mol. The predicted molar refractivity (Wildman–Crippen MR) is 205 cm³/mol. The Morgan fingerprint density at radius 2 is 1.69 bits per heavy atom. The lowest BCUT2D eigenvalue weighted by molar-refractivity contribution is -0.132. The zero-order valence-electron chi connectivity index (χ0n) is 31.7. The summed E-state index contributed by atoms with van der Waals surface area (Å²) in [5, 5.41) is 20.6. The van der Waals surface area contributed by atoms with Gasteiger partial charge in [0.25, 0.3) is 5.91 Å². The second-order valence-electron chi connectivity index (χ2n) is 13.5. The van der Waals surface area contributed by atoms with E-state index in [0.717, 1.165) is 39.8 Å². The molecule has 3 atom stereocenters. The van der Waals surface area contributed by atoms with Crippen LogP contribution in [0.3, 0.4) is 0 Å². The summed E-state index contributed by atoms with van der Waals surface area (Å²) in [4.78, 5) is 68.2. The molecular formula is C37H53BFN6O9S. The molecule has 0 aromatic heterocycles. The summed E-state index contributed by atoms with van der Waals surface area (Å²) >= 11 is 0. The quantitative estimate of drug-likeness (QED) is 0.0627. The van der Waals surface area contributed by atoms with Crippen molar-refractivity contribution in [3.8, 4) is 5.75 Å². The molecule has 1 saturated heterocycles. The molecule has 1 aliphatic heterocycles. The van der Waals surface area contributed by atoms with Gasteiger partial charge in [-0.15, -0.1) is 0 Å². The third-order valence-corrected chi connectivity index (χ3v) is 9.35. The Kier molecular flexibility index (Phi) is 18.5. The zero-order valence-corrected chi connectivity index (χ0v) is 32.5. The molecule has 55 heavy (non-hydrogen) atoms. The number of nitrogens with zero attached hydrogens (tertiary/aromatic N) is 2. The van der Waals surface area contributed by atoms with Crippen molar-refractivity contribution in [1.82, 2.24) is 31.1 Å². The van der Waals surface area contributed by atoms with Crippen LogP contribution in [0.5, 0.6) is 5.75 Å². The van der Waals surface area contributed by atoms with E-state index < -0.39 is 40.3 Å². The largest absolute Gasteiger partial charge is 0.488 e. The lowest BCUT2D eigenvalue weighted by Crippen LogP contribution is -2.49. The number of likely N-dealkylation sites (tertiary alicyclic amines) is 1. The molecule has 0 aliphatic carbocycles. The highest BCUT2D eigenvalue weighted by atomic mass is 32.3. The monoisotopic (exact) mass is 787 g/mol. The van der Waals surface area contributed by atoms with Gasteiger partial charge in [-0.1, -0.05) is 42.0 Å². The molecule has 15 nitrogen and oxygen atoms in total. The van der Waals surface area contributed by atoms with Gasteiger partial charge in [0.1, 0.15) is 17.8 Å². The van der Waals surface area contributed by atoms with E-state index in [9.17, 15) is 41.3 Å². The predicted octanol–water partition coefficient (Wildman–Crippen LogP) is 1.71. The van der Waals surface area contributed by atoms with Crippen molar-refractivity contribution < 1.29 is 45.5 Å². The summed E-state index contributed by atoms with van der Waals surface area (Å²) in [5.41, 5.74) is 1.30. The summed E-state index contributed by atoms with van der Waals surface area (Å²) in [6.45, 7) is 8.64. The maximum atomic E-state index is 13.4. The molecule has 0 spiro atoms. The molecule has 1 heterocycles. The van der Waals surface area contributed by atoms with Crippen molar-refractivity contribution in [3.05, 3.63) is 65.2 Å². The van der Waals surface area contributed by atoms with E-state index in [1.54, 1.807) is 31.2 Å². The SMILES string of the molecule is CCCN(CCC)CC(=O)NCCCCC(NC(=O)Cc1cccc(OS(=O)(=O)F)c1)C(=O)NCc1ccc(C(=O)NC(C)C(=O)N2CCCC2[B]O)cc1. The lowest BCUT2D eigenvalue weighted by Gasteiger charge is -2.26. The van der Waals surface area contributed by atoms with Crippen molar-refractivity contribution in [2.24, 2.45) is 0 Å². The Morgan fingerprint density at radius 3 is 2.35 bits per heavy atom. The van der Waals surface area contributed by atoms with Crippen molar-refractivity contribution in [2.75, 3.05) is 32.7 Å². The summed E-state index contributed by atoms with van der Waals surface area (Å²) in [5.74, 6) is -2.52. The first-order valence-electron chi connectivity index (χ1n) is 18.7. The van der Waals surface area contributed by atoms with Gasteiger partial charge in [-0.2, -0.15) is 8.42 Å². The lowest BCUT2D eigenvalue weighted by atomic mass is 9.86. The minimum atomic E-state index is -5.26. The Labute approximate surface area is 323 Å². The Bertz CT molecular complexity index is 1700. The van der Waals surface area contributed by atoms with Crippen LogP contribution in [0.25, 0.3) is 0 Å². The third kappa shape index (κ3) is 16.0. The third-order valence-electron chi connectivity index (χ3n) is 8.95. The first kappa shape index (κ1) is 44.8. The fourth-order valence-corrected chi connectivity index (χ4v) is 6.62. The van der Waals surface area contributed by atoms with Crippen LogP contribution in [0.15, 0.2) is 48.5 Å². The topological polar surface area (TPSA) is 204 Å². The minimum absolute atomic E-state index is 0.0785. The summed E-state index contributed by atoms with van der Waals surface area (Å²) < 4.78 is 39.1. The molecular weight excluding hydrogens is 734 g/mol. The van der Waals surface area contributed by atoms with Crippen LogP contribution in [-0.2, 0) is 42.6 Å². The van der Waals surface area contributed by atoms with E-state index >= 15 is 0 Å². The maximum absolute atomic E-state index is 13.4. The highest BCUT2D eigenvalue weighted by molar-refractivity contribution is 7.81. The number of hydrogen-bond donors (Lipinski definition) is 5. The van der Waals surface area contributed by atoms with E-state index in [0.29, 0.717) is 55.6 Å². The van der Waals surface area contributed by atoms with Gasteiger partial charge >= 0.3 is 18.0 Å². The van der Waals surface area contributed by atoms with Crippen LogP contribution in [0, 0.1) is 0 Å². The molecule has 2 aromatic rings. The molecule has 1 radical (unpaired) electrons. The van der Waals surface area contributed by atoms with Gasteiger partial charge in [-0.3, -0.25) is 28.9 Å². The number of amides is 5. The van der Waals surface area contributed by atoms with Crippen LogP contribution in [0.2, 0.25) is 0 Å². The van der Waals surface area contributed by atoms with Gasteiger partial charge in [0.15, 0.2) is 0 Å². The van der Waals surface area contributed by atoms with Crippen LogP contribution < -0.4 is 25.5 Å². The molecule has 3 rings (SSSR count). The van der Waals surface area contributed by atoms with Gasteiger partial charge in [-0.05, 0) is 100 Å². The molecule has 2 aromatic carbocycles. The van der Waals surface area contributed by atoms with E-state index in [1.165, 1.54) is 29.2 Å². The molecule has 1 fully saturated rings. The molecule has 1 aliphatic rings. The number of unbranched alkanes of at least 4 members (excludes halogenated alkanes) is 1. The molecule has 0 bridgehead atoms. The highest BCUT2D eigenvalue weighted by Crippen LogP contribution is 2.18. The number of rotatable bonds is 23. The molecule has 3 unspecified atom stereocenters. The zero-order chi connectivity index (χ0) is 40.4. The van der Waals surface area contributed by atoms with Crippen LogP contribution in [-0.4, -0.2) is 111 Å². The molecule has 5 N–H and O–H groups in total. The van der Waals surface area contributed by atoms with E-state index in [1.807, 2.05) is 0 Å². The molecule has 301 valence electrons. The molecule has 0 saturated carbocycles. The van der Waals surface area contributed by atoms with Crippen LogP contribution in [0.1, 0.15) is 87.2 Å². The van der Waals surface area contributed by atoms with Crippen LogP contribution in [0.4, 0.5) is 3.89 Å². The second-order valence-corrected chi connectivity index (χ2v) is 14.5. The number of carbonyl (C=O) groups is 5. The van der Waals surface area contributed by atoms with Crippen LogP contribution >= 0.6 is 0 Å². The van der Waals surface area contributed by atoms with Gasteiger partial charge < -0.3 is 35.4 Å². The Balaban J connectivity index is 1.58. The molecule has 5 amide bonds. The highest BCUT2D eigenvalue weighted by Gasteiger charge is 2.32. The first-order valence-corrected chi connectivity index (χ1v) is 20.0. The summed E-state index contributed by atoms with van der Waals surface area (Å²) in [6, 6.07) is 10.0. The normalized spacial score (nSPS) is 15.2. The van der Waals surface area contributed by atoms with Crippen molar-refractivity contribution in [1.29, 1.82) is 0 Å². The average Bonchev–Trinajstić information content (AvgIpc) is 3.62. The number of nitrogens with one attached hydrogen (secondary N) is 4. The smallest absolute Gasteiger partial charge is 0.452 e. The molecule has 18 heteroatoms. The van der Waals surface area contributed by atoms with Gasteiger partial charge in [-0.25, -0.2) is 0 Å². The fraction of sp³-hybridized carbons (Fsp3) is 0.541. The summed E-state index contributed by atoms with van der Waals surface area (Å²) in [7, 11) is -4.26. The fourth-order valence-electron chi connectivity index (χ4n) is 6.28. The standard InChI is InChI=1S/C37H53BFN6O9S/c1-4-19-44(20-5-2)25-34(47)40-18-7-6-12-31(43-33(46)23-28-10-8-11-30(22-28)54-55(39,52)53)36(49)41-24-27-14-16-29(17-15-27)35(48)42-26(3)37(50)45-21-9-13-32(45)38-51/h8,10-11,14-17,22,26,31-32,51H,4-7,9,12-13,18-21,23-25H2,1-3H3,(H,40,47)(H,41,49)(H,42,48)(H,43,46). The number of halogens is 1. The van der Waals surface area contributed by atoms with Gasteiger partial charge in [0.2, 0.25) is 23.6 Å². The van der Waals surface area contributed by atoms with Gasteiger partial charge in [0, 0.05) is 31.1 Å². The van der Waals surface area contributed by atoms with E-state index in [4.69, 9.17) is 0 Å². The van der Waals surface area contributed by atoms with E-state index in [2.05, 4.69) is 44.2 Å². The van der Waals surface area contributed by atoms with Crippen molar-refractivity contribution in [3.63, 3.8) is 0 Å². The number of hydrogen-bond acceptors (Lipinski definition) is 10. The first-order chi connectivity index (χ1) is 26.2. The van der Waals surface area contributed by atoms with E-state index in [-0.39, 0.29) is 42.9 Å². The number of carbonyl (C=O) groups excluding carboxylic acids is 5. The van der Waals surface area contributed by atoms with Crippen molar-refractivity contribution in [2.45, 2.75) is 96.7 Å². The van der Waals surface area contributed by atoms with Crippen molar-refractivity contribution >= 4 is 47.5 Å². The maximum Gasteiger partial charge on any atom is 0.488 e. The second kappa shape index (κ2) is 22.7. The minimum Gasteiger partial charge on any atom is -0.452 e. The summed E-state index contributed by atoms with van der Waals surface area (Å²) in [6.07, 6.45) is 4.35. The Morgan fingerprint density at radius 1 is 0.982 bits per heavy atom. The Hall–Kier alpha value is -4.55. The number of benzene rings is 2.